The molecule has 0 bridgehead atoms. The normalized spacial score (nSPS) is 17.4. The van der Waals surface area contributed by atoms with Crippen molar-refractivity contribution in [1.82, 2.24) is 19.7 Å². The van der Waals surface area contributed by atoms with Gasteiger partial charge in [0, 0.05) is 45.3 Å². The molecule has 2 aromatic rings. The molecule has 2 aliphatic rings. The monoisotopic (exact) mass is 415 g/mol. The Morgan fingerprint density at radius 1 is 1.39 bits per heavy atom. The van der Waals surface area contributed by atoms with Crippen LogP contribution in [-0.4, -0.2) is 57.8 Å². The first-order valence-electron chi connectivity index (χ1n) is 9.27. The molecule has 1 saturated heterocycles. The van der Waals surface area contributed by atoms with Gasteiger partial charge >= 0.3 is 0 Å². The van der Waals surface area contributed by atoms with Crippen LogP contribution in [0.1, 0.15) is 25.3 Å². The zero-order chi connectivity index (χ0) is 19.7. The molecule has 3 heterocycles. The Hall–Kier alpha value is -2.35. The molecule has 1 aliphatic carbocycles. The van der Waals surface area contributed by atoms with Crippen LogP contribution in [0.15, 0.2) is 18.3 Å². The van der Waals surface area contributed by atoms with Gasteiger partial charge in [-0.05, 0) is 37.2 Å². The van der Waals surface area contributed by atoms with Crippen molar-refractivity contribution < 1.29 is 4.79 Å². The van der Waals surface area contributed by atoms with E-state index in [1.807, 2.05) is 4.68 Å². The van der Waals surface area contributed by atoms with Gasteiger partial charge in [-0.25, -0.2) is 9.67 Å². The number of hydrogen-bond donors (Lipinski definition) is 0. The summed E-state index contributed by atoms with van der Waals surface area (Å²) in [7, 11) is 0. The van der Waals surface area contributed by atoms with Crippen LogP contribution in [0.2, 0.25) is 0 Å². The number of aromatic nitrogens is 3. The minimum absolute atomic E-state index is 0.0238. The Bertz CT molecular complexity index is 967. The van der Waals surface area contributed by atoms with E-state index in [9.17, 15) is 10.1 Å². The van der Waals surface area contributed by atoms with Crippen molar-refractivity contribution in [3.05, 3.63) is 27.8 Å². The summed E-state index contributed by atoms with van der Waals surface area (Å²) in [4.78, 5) is 22.5. The van der Waals surface area contributed by atoms with Gasteiger partial charge in [0.1, 0.15) is 11.9 Å². The van der Waals surface area contributed by atoms with Crippen LogP contribution >= 0.6 is 23.6 Å². The average Bonchev–Trinajstić information content (AvgIpc) is 3.46. The van der Waals surface area contributed by atoms with E-state index in [1.165, 1.54) is 11.3 Å². The van der Waals surface area contributed by atoms with Gasteiger partial charge in [-0.2, -0.15) is 5.26 Å². The van der Waals surface area contributed by atoms with Crippen molar-refractivity contribution in [1.29, 1.82) is 5.26 Å². The van der Waals surface area contributed by atoms with E-state index in [1.54, 1.807) is 30.2 Å². The molecule has 10 heteroatoms. The summed E-state index contributed by atoms with van der Waals surface area (Å²) in [6, 6.07) is 6.07. The third-order valence-corrected chi connectivity index (χ3v) is 6.27. The number of carbonyl (C=O) groups excluding carboxylic acids is 1. The zero-order valence-corrected chi connectivity index (χ0v) is 17.2. The maximum atomic E-state index is 12.0. The van der Waals surface area contributed by atoms with E-state index in [4.69, 9.17) is 12.2 Å². The van der Waals surface area contributed by atoms with Gasteiger partial charge in [0.2, 0.25) is 11.0 Å². The number of pyridine rings is 1. The molecule has 0 atom stereocenters. The summed E-state index contributed by atoms with van der Waals surface area (Å²) in [5.74, 6) is 0.773. The van der Waals surface area contributed by atoms with Crippen molar-refractivity contribution in [2.75, 3.05) is 36.0 Å². The minimum atomic E-state index is 0.0238. The summed E-state index contributed by atoms with van der Waals surface area (Å²) in [6.45, 7) is 5.42. The van der Waals surface area contributed by atoms with Gasteiger partial charge in [-0.1, -0.05) is 11.3 Å². The van der Waals surface area contributed by atoms with Crippen LogP contribution in [-0.2, 0) is 11.5 Å². The summed E-state index contributed by atoms with van der Waals surface area (Å²) in [5.41, 5.74) is 0.603. The molecule has 0 unspecified atom stereocenters. The third kappa shape index (κ3) is 3.92. The lowest BCUT2D eigenvalue weighted by molar-refractivity contribution is -0.116. The molecular weight excluding hydrogens is 394 g/mol. The molecule has 8 nitrogen and oxygen atoms in total. The number of nitrogens with zero attached hydrogens (tertiary/aromatic N) is 7. The van der Waals surface area contributed by atoms with Crippen molar-refractivity contribution in [2.45, 2.75) is 32.5 Å². The Morgan fingerprint density at radius 3 is 2.79 bits per heavy atom. The Labute approximate surface area is 172 Å². The van der Waals surface area contributed by atoms with Gasteiger partial charge in [-0.15, -0.1) is 5.10 Å². The van der Waals surface area contributed by atoms with E-state index in [0.717, 1.165) is 44.8 Å². The number of amides is 1. The number of nitriles is 1. The molecule has 1 aliphatic heterocycles. The smallest absolute Gasteiger partial charge is 0.225 e. The lowest BCUT2D eigenvalue weighted by Gasteiger charge is -2.35. The summed E-state index contributed by atoms with van der Waals surface area (Å²) >= 11 is 6.88. The van der Waals surface area contributed by atoms with Gasteiger partial charge in [0.05, 0.1) is 12.2 Å². The first kappa shape index (κ1) is 19.0. The minimum Gasteiger partial charge on any atom is -0.353 e. The van der Waals surface area contributed by atoms with Crippen LogP contribution in [0.25, 0.3) is 0 Å². The van der Waals surface area contributed by atoms with Gasteiger partial charge in [-0.3, -0.25) is 14.6 Å². The molecule has 2 aromatic heterocycles. The molecule has 0 radical (unpaired) electrons. The topological polar surface area (TPSA) is 81.3 Å². The Morgan fingerprint density at radius 2 is 2.14 bits per heavy atom. The standard InChI is InChI=1S/C18H21N7OS2/c1-13(26)25(15-4-5-15)17-21-24(18(27)28-17)12-22-7-9-23(10-8-22)16-14(11-19)3-2-6-20-16/h2-3,6,15H,4-5,7-10,12H2,1H3. The molecular formula is C18H21N7OS2. The van der Waals surface area contributed by atoms with Crippen molar-refractivity contribution in [3.63, 3.8) is 0 Å². The third-order valence-electron chi connectivity index (χ3n) is 4.97. The van der Waals surface area contributed by atoms with E-state index in [-0.39, 0.29) is 11.9 Å². The number of piperazine rings is 1. The van der Waals surface area contributed by atoms with Crippen LogP contribution < -0.4 is 9.80 Å². The summed E-state index contributed by atoms with van der Waals surface area (Å²) < 4.78 is 2.49. The second-order valence-electron chi connectivity index (χ2n) is 7.00. The molecule has 0 aromatic carbocycles. The summed E-state index contributed by atoms with van der Waals surface area (Å²) in [5, 5.41) is 14.6. The van der Waals surface area contributed by atoms with Crippen molar-refractivity contribution in [2.24, 2.45) is 0 Å². The Balaban J connectivity index is 1.41. The van der Waals surface area contributed by atoms with Crippen LogP contribution in [0, 0.1) is 15.3 Å². The first-order valence-corrected chi connectivity index (χ1v) is 10.5. The highest BCUT2D eigenvalue weighted by Gasteiger charge is 2.34. The molecule has 0 spiro atoms. The molecule has 4 rings (SSSR count). The maximum Gasteiger partial charge on any atom is 0.225 e. The fourth-order valence-electron chi connectivity index (χ4n) is 3.39. The van der Waals surface area contributed by atoms with Gasteiger partial charge in [0.25, 0.3) is 0 Å². The Kier molecular flexibility index (Phi) is 5.39. The molecule has 1 amide bonds. The highest BCUT2D eigenvalue weighted by Crippen LogP contribution is 2.33. The zero-order valence-electron chi connectivity index (χ0n) is 15.6. The quantitative estimate of drug-likeness (QED) is 0.693. The number of rotatable bonds is 5. The lowest BCUT2D eigenvalue weighted by Crippen LogP contribution is -2.47. The molecule has 2 fully saturated rings. The van der Waals surface area contributed by atoms with Gasteiger partial charge < -0.3 is 4.90 Å². The maximum absolute atomic E-state index is 12.0. The molecule has 1 saturated carbocycles. The largest absolute Gasteiger partial charge is 0.353 e. The SMILES string of the molecule is CC(=O)N(c1nn(CN2CCN(c3ncccc3C#N)CC2)c(=S)s1)C1CC1. The van der Waals surface area contributed by atoms with E-state index >= 15 is 0 Å². The second kappa shape index (κ2) is 7.95. The highest BCUT2D eigenvalue weighted by atomic mass is 32.1. The predicted octanol–water partition coefficient (Wildman–Crippen LogP) is 2.24. The number of anilines is 2. The van der Waals surface area contributed by atoms with E-state index < -0.39 is 0 Å². The summed E-state index contributed by atoms with van der Waals surface area (Å²) in [6.07, 6.45) is 3.79. The number of hydrogen-bond acceptors (Lipinski definition) is 8. The fraction of sp³-hybridized carbons (Fsp3) is 0.500. The van der Waals surface area contributed by atoms with Crippen molar-refractivity contribution >= 4 is 40.4 Å². The molecule has 146 valence electrons. The van der Waals surface area contributed by atoms with Crippen molar-refractivity contribution in [3.8, 4) is 6.07 Å². The van der Waals surface area contributed by atoms with E-state index in [2.05, 4.69) is 26.0 Å². The second-order valence-corrected chi connectivity index (χ2v) is 8.60. The lowest BCUT2D eigenvalue weighted by atomic mass is 10.2. The van der Waals surface area contributed by atoms with Crippen LogP contribution in [0.4, 0.5) is 10.9 Å². The molecule has 28 heavy (non-hydrogen) atoms. The number of carbonyl (C=O) groups is 1. The average molecular weight is 416 g/mol. The molecule has 0 N–H and O–H groups in total. The van der Waals surface area contributed by atoms with Crippen LogP contribution in [0.3, 0.4) is 0 Å². The fourth-order valence-corrected chi connectivity index (χ4v) is 4.59. The van der Waals surface area contributed by atoms with Gasteiger partial charge in [0.15, 0.2) is 3.95 Å². The van der Waals surface area contributed by atoms with E-state index in [0.29, 0.717) is 21.3 Å². The highest BCUT2D eigenvalue weighted by molar-refractivity contribution is 7.73. The van der Waals surface area contributed by atoms with Crippen LogP contribution in [0.5, 0.6) is 0 Å². The first-order chi connectivity index (χ1) is 13.6. The predicted molar refractivity (Wildman–Crippen MR) is 110 cm³/mol.